The molecular formula is C26H22O8. The summed E-state index contributed by atoms with van der Waals surface area (Å²) in [6.07, 6.45) is 1.61. The molecule has 0 aliphatic carbocycles. The minimum Gasteiger partial charge on any atom is -0.496 e. The van der Waals surface area contributed by atoms with E-state index in [-0.39, 0.29) is 28.6 Å². The molecule has 0 aromatic heterocycles. The Hall–Kier alpha value is -4.46. The Labute approximate surface area is 196 Å². The lowest BCUT2D eigenvalue weighted by Crippen LogP contribution is -2.12. The quantitative estimate of drug-likeness (QED) is 0.287. The van der Waals surface area contributed by atoms with Crippen molar-refractivity contribution >= 4 is 17.8 Å². The molecule has 0 atom stereocenters. The summed E-state index contributed by atoms with van der Waals surface area (Å²) in [4.78, 5) is 25.6. The van der Waals surface area contributed by atoms with Crippen LogP contribution in [0.3, 0.4) is 0 Å². The molecule has 0 unspecified atom stereocenters. The predicted octanol–water partition coefficient (Wildman–Crippen LogP) is 4.56. The van der Waals surface area contributed by atoms with E-state index < -0.39 is 5.97 Å². The van der Waals surface area contributed by atoms with Crippen LogP contribution in [0, 0.1) is 0 Å². The van der Waals surface area contributed by atoms with Crippen LogP contribution in [0.4, 0.5) is 0 Å². The highest BCUT2D eigenvalue weighted by molar-refractivity contribution is 6.14. The van der Waals surface area contributed by atoms with E-state index in [0.717, 1.165) is 0 Å². The van der Waals surface area contributed by atoms with Gasteiger partial charge < -0.3 is 28.4 Å². The lowest BCUT2D eigenvalue weighted by atomic mass is 10.1. The zero-order valence-corrected chi connectivity index (χ0v) is 19.0. The molecular weight excluding hydrogens is 440 g/mol. The average molecular weight is 462 g/mol. The number of hydrogen-bond acceptors (Lipinski definition) is 8. The zero-order chi connectivity index (χ0) is 24.2. The van der Waals surface area contributed by atoms with E-state index in [2.05, 4.69) is 0 Å². The van der Waals surface area contributed by atoms with E-state index in [1.807, 2.05) is 0 Å². The topological polar surface area (TPSA) is 89.5 Å². The van der Waals surface area contributed by atoms with Crippen LogP contribution in [0.5, 0.6) is 34.5 Å². The monoisotopic (exact) mass is 462 g/mol. The summed E-state index contributed by atoms with van der Waals surface area (Å²) in [5.74, 6) is 1.41. The standard InChI is InChI=1S/C26H22O8/c1-29-18-11-8-15(12-22(18)32-4)13-23-25(27)17-10-9-16(14-21(17)34-23)33-26(28)24-19(30-2)6-5-7-20(24)31-3/h5-14H,1-4H3/b23-13-. The van der Waals surface area contributed by atoms with Gasteiger partial charge in [0.15, 0.2) is 17.3 Å². The van der Waals surface area contributed by atoms with Crippen LogP contribution >= 0.6 is 0 Å². The first-order valence-electron chi connectivity index (χ1n) is 10.2. The van der Waals surface area contributed by atoms with Crippen LogP contribution in [0.2, 0.25) is 0 Å². The van der Waals surface area contributed by atoms with Crippen molar-refractivity contribution in [2.75, 3.05) is 28.4 Å². The summed E-state index contributed by atoms with van der Waals surface area (Å²) in [6, 6.07) is 14.8. The van der Waals surface area contributed by atoms with E-state index in [9.17, 15) is 9.59 Å². The minimum atomic E-state index is -0.667. The number of methoxy groups -OCH3 is 4. The molecule has 0 spiro atoms. The number of allylic oxidation sites excluding steroid dienone is 1. The van der Waals surface area contributed by atoms with Crippen LogP contribution in [0.25, 0.3) is 6.08 Å². The van der Waals surface area contributed by atoms with Crippen LogP contribution in [0.15, 0.2) is 60.4 Å². The van der Waals surface area contributed by atoms with E-state index >= 15 is 0 Å². The molecule has 1 heterocycles. The molecule has 3 aromatic carbocycles. The molecule has 1 aliphatic rings. The maximum absolute atomic E-state index is 12.8. The second-order valence-corrected chi connectivity index (χ2v) is 7.14. The van der Waals surface area contributed by atoms with Crippen molar-refractivity contribution < 1.29 is 38.0 Å². The summed E-state index contributed by atoms with van der Waals surface area (Å²) in [5, 5.41) is 0. The predicted molar refractivity (Wildman–Crippen MR) is 123 cm³/mol. The van der Waals surface area contributed by atoms with Crippen LogP contribution < -0.4 is 28.4 Å². The molecule has 3 aromatic rings. The molecule has 34 heavy (non-hydrogen) atoms. The van der Waals surface area contributed by atoms with Crippen molar-refractivity contribution in [2.24, 2.45) is 0 Å². The summed E-state index contributed by atoms with van der Waals surface area (Å²) >= 11 is 0. The summed E-state index contributed by atoms with van der Waals surface area (Å²) in [7, 11) is 5.98. The number of Topliss-reactive ketones (excluding diaryl/α,β-unsaturated/α-hetero) is 1. The molecule has 1 aliphatic heterocycles. The third-order valence-corrected chi connectivity index (χ3v) is 5.19. The van der Waals surface area contributed by atoms with Crippen molar-refractivity contribution in [1.82, 2.24) is 0 Å². The summed E-state index contributed by atoms with van der Waals surface area (Å²) in [5.41, 5.74) is 1.21. The van der Waals surface area contributed by atoms with Crippen molar-refractivity contribution in [3.8, 4) is 34.5 Å². The molecule has 8 nitrogen and oxygen atoms in total. The second-order valence-electron chi connectivity index (χ2n) is 7.14. The minimum absolute atomic E-state index is 0.136. The Bertz CT molecular complexity index is 1270. The van der Waals surface area contributed by atoms with Crippen molar-refractivity contribution in [1.29, 1.82) is 0 Å². The van der Waals surface area contributed by atoms with Gasteiger partial charge in [0, 0.05) is 6.07 Å². The first kappa shape index (κ1) is 22.7. The number of ether oxygens (including phenoxy) is 6. The van der Waals surface area contributed by atoms with Crippen LogP contribution in [-0.4, -0.2) is 40.2 Å². The summed E-state index contributed by atoms with van der Waals surface area (Å²) in [6.45, 7) is 0. The number of fused-ring (bicyclic) bond motifs is 1. The maximum Gasteiger partial charge on any atom is 0.351 e. The van der Waals surface area contributed by atoms with Gasteiger partial charge >= 0.3 is 5.97 Å². The number of carbonyl (C=O) groups is 2. The summed E-state index contributed by atoms with van der Waals surface area (Å²) < 4.78 is 32.4. The lowest BCUT2D eigenvalue weighted by Gasteiger charge is -2.12. The lowest BCUT2D eigenvalue weighted by molar-refractivity contribution is 0.0727. The van der Waals surface area contributed by atoms with Crippen molar-refractivity contribution in [3.63, 3.8) is 0 Å². The normalized spacial score (nSPS) is 13.2. The van der Waals surface area contributed by atoms with Gasteiger partial charge in [-0.15, -0.1) is 0 Å². The largest absolute Gasteiger partial charge is 0.496 e. The Balaban J connectivity index is 1.58. The number of hydrogen-bond donors (Lipinski definition) is 0. The first-order chi connectivity index (χ1) is 16.5. The number of ketones is 1. The molecule has 4 rings (SSSR count). The van der Waals surface area contributed by atoms with E-state index in [0.29, 0.717) is 34.1 Å². The molecule has 0 fully saturated rings. The van der Waals surface area contributed by atoms with Gasteiger partial charge in [0.05, 0.1) is 34.0 Å². The van der Waals surface area contributed by atoms with Gasteiger partial charge in [0.1, 0.15) is 28.6 Å². The molecule has 0 N–H and O–H groups in total. The Morgan fingerprint density at radius 1 is 0.794 bits per heavy atom. The van der Waals surface area contributed by atoms with Crippen LogP contribution in [-0.2, 0) is 0 Å². The molecule has 174 valence electrons. The highest BCUT2D eigenvalue weighted by Crippen LogP contribution is 2.37. The Morgan fingerprint density at radius 3 is 2.12 bits per heavy atom. The van der Waals surface area contributed by atoms with E-state index in [1.165, 1.54) is 33.5 Å². The fourth-order valence-electron chi connectivity index (χ4n) is 3.54. The molecule has 8 heteroatoms. The molecule has 0 saturated heterocycles. The van der Waals surface area contributed by atoms with Crippen molar-refractivity contribution in [2.45, 2.75) is 0 Å². The molecule has 0 bridgehead atoms. The molecule has 0 amide bonds. The van der Waals surface area contributed by atoms with Gasteiger partial charge in [0.2, 0.25) is 5.78 Å². The average Bonchev–Trinajstić information content (AvgIpc) is 3.17. The third kappa shape index (κ3) is 4.25. The first-order valence-corrected chi connectivity index (χ1v) is 10.2. The Morgan fingerprint density at radius 2 is 1.47 bits per heavy atom. The number of rotatable bonds is 7. The van der Waals surface area contributed by atoms with Gasteiger partial charge in [0.25, 0.3) is 0 Å². The van der Waals surface area contributed by atoms with Gasteiger partial charge in [-0.2, -0.15) is 0 Å². The number of esters is 1. The highest BCUT2D eigenvalue weighted by atomic mass is 16.5. The maximum atomic E-state index is 12.8. The smallest absolute Gasteiger partial charge is 0.351 e. The van der Waals surface area contributed by atoms with Gasteiger partial charge in [-0.3, -0.25) is 4.79 Å². The van der Waals surface area contributed by atoms with E-state index in [1.54, 1.807) is 55.7 Å². The van der Waals surface area contributed by atoms with Crippen LogP contribution in [0.1, 0.15) is 26.3 Å². The SMILES string of the molecule is COc1ccc(/C=C2\Oc3cc(OC(=O)c4c(OC)cccc4OC)ccc3C2=O)cc1OC. The van der Waals surface area contributed by atoms with Gasteiger partial charge in [-0.1, -0.05) is 12.1 Å². The van der Waals surface area contributed by atoms with Crippen molar-refractivity contribution in [3.05, 3.63) is 77.0 Å². The Kier molecular flexibility index (Phi) is 6.40. The van der Waals surface area contributed by atoms with Gasteiger partial charge in [-0.25, -0.2) is 4.79 Å². The third-order valence-electron chi connectivity index (χ3n) is 5.19. The second kappa shape index (κ2) is 9.58. The fraction of sp³-hybridized carbons (Fsp3) is 0.154. The molecule has 0 radical (unpaired) electrons. The highest BCUT2D eigenvalue weighted by Gasteiger charge is 2.29. The molecule has 0 saturated carbocycles. The zero-order valence-electron chi connectivity index (χ0n) is 19.0. The van der Waals surface area contributed by atoms with E-state index in [4.69, 9.17) is 28.4 Å². The fourth-order valence-corrected chi connectivity index (χ4v) is 3.54. The number of carbonyl (C=O) groups excluding carboxylic acids is 2. The number of benzene rings is 3. The van der Waals surface area contributed by atoms with Gasteiger partial charge in [-0.05, 0) is 48.0 Å².